The van der Waals surface area contributed by atoms with Gasteiger partial charge in [-0.2, -0.15) is 5.10 Å². The molecule has 1 fully saturated rings. The summed E-state index contributed by atoms with van der Waals surface area (Å²) in [6, 6.07) is 7.36. The number of nitrogens with zero attached hydrogens (tertiary/aromatic N) is 3. The van der Waals surface area contributed by atoms with Crippen molar-refractivity contribution in [2.75, 3.05) is 13.1 Å². The maximum atomic E-state index is 13.2. The number of rotatable bonds is 4. The fourth-order valence-electron chi connectivity index (χ4n) is 3.76. The van der Waals surface area contributed by atoms with E-state index in [1.807, 2.05) is 39.0 Å². The number of carbonyl (C=O) groups excluding carboxylic acids is 1. The summed E-state index contributed by atoms with van der Waals surface area (Å²) in [5, 5.41) is 14.4. The van der Waals surface area contributed by atoms with E-state index < -0.39 is 11.9 Å². The van der Waals surface area contributed by atoms with Crippen molar-refractivity contribution in [3.63, 3.8) is 0 Å². The first-order chi connectivity index (χ1) is 12.8. The number of hydrogen-bond donors (Lipinski definition) is 1. The van der Waals surface area contributed by atoms with E-state index in [1.54, 1.807) is 21.8 Å². The molecule has 0 aliphatic carbocycles. The molecule has 144 valence electrons. The summed E-state index contributed by atoms with van der Waals surface area (Å²) < 4.78 is 1.71. The van der Waals surface area contributed by atoms with Gasteiger partial charge in [0.2, 0.25) is 0 Å². The number of aromatic nitrogens is 2. The number of amides is 1. The molecule has 6 nitrogen and oxygen atoms in total. The number of aliphatic carboxylic acids is 1. The molecule has 27 heavy (non-hydrogen) atoms. The molecule has 2 aromatic rings. The van der Waals surface area contributed by atoms with Crippen molar-refractivity contribution in [2.45, 2.75) is 33.1 Å². The van der Waals surface area contributed by atoms with E-state index in [9.17, 15) is 14.7 Å². The Hall–Kier alpha value is -2.34. The number of para-hydroxylation sites is 1. The van der Waals surface area contributed by atoms with Crippen molar-refractivity contribution < 1.29 is 14.7 Å². The largest absolute Gasteiger partial charge is 0.481 e. The number of carbonyl (C=O) groups is 2. The van der Waals surface area contributed by atoms with Gasteiger partial charge in [0.1, 0.15) is 0 Å². The number of piperidine rings is 1. The summed E-state index contributed by atoms with van der Waals surface area (Å²) in [6.45, 7) is 6.76. The number of halogens is 1. The molecule has 0 saturated carbocycles. The van der Waals surface area contributed by atoms with Crippen molar-refractivity contribution >= 4 is 23.5 Å². The normalized spacial score (nSPS) is 20.1. The lowest BCUT2D eigenvalue weighted by Gasteiger charge is -2.34. The number of carboxylic acid groups (broad SMARTS) is 1. The van der Waals surface area contributed by atoms with Gasteiger partial charge >= 0.3 is 5.97 Å². The molecule has 0 radical (unpaired) electrons. The molecule has 7 heteroatoms. The van der Waals surface area contributed by atoms with Crippen LogP contribution in [0.1, 0.15) is 49.2 Å². The predicted molar refractivity (Wildman–Crippen MR) is 103 cm³/mol. The molecule has 1 saturated heterocycles. The zero-order valence-corrected chi connectivity index (χ0v) is 16.5. The maximum absolute atomic E-state index is 13.2. The first-order valence-corrected chi connectivity index (χ1v) is 9.52. The molecule has 1 aliphatic heterocycles. The summed E-state index contributed by atoms with van der Waals surface area (Å²) >= 11 is 6.32. The highest BCUT2D eigenvalue weighted by atomic mass is 35.5. The third-order valence-electron chi connectivity index (χ3n) is 4.96. The minimum absolute atomic E-state index is 0.0419. The minimum atomic E-state index is -0.852. The van der Waals surface area contributed by atoms with Crippen molar-refractivity contribution in [1.82, 2.24) is 14.7 Å². The Morgan fingerprint density at radius 3 is 2.59 bits per heavy atom. The van der Waals surface area contributed by atoms with Crippen LogP contribution < -0.4 is 0 Å². The topological polar surface area (TPSA) is 75.4 Å². The highest BCUT2D eigenvalue weighted by Gasteiger charge is 2.34. The van der Waals surface area contributed by atoms with Crippen molar-refractivity contribution in [3.8, 4) is 5.69 Å². The van der Waals surface area contributed by atoms with E-state index in [2.05, 4.69) is 5.10 Å². The Morgan fingerprint density at radius 2 is 1.96 bits per heavy atom. The van der Waals surface area contributed by atoms with E-state index in [-0.39, 0.29) is 24.3 Å². The van der Waals surface area contributed by atoms with Crippen LogP contribution >= 0.6 is 11.6 Å². The average Bonchev–Trinajstić information content (AvgIpc) is 3.06. The molecule has 1 amide bonds. The second kappa shape index (κ2) is 7.72. The van der Waals surface area contributed by atoms with Crippen LogP contribution in [0.15, 0.2) is 30.5 Å². The van der Waals surface area contributed by atoms with Crippen LogP contribution in [0.4, 0.5) is 0 Å². The number of carboxylic acids is 1. The lowest BCUT2D eigenvalue weighted by atomic mass is 9.90. The van der Waals surface area contributed by atoms with E-state index >= 15 is 0 Å². The van der Waals surface area contributed by atoms with Crippen LogP contribution in [0.5, 0.6) is 0 Å². The molecule has 0 bridgehead atoms. The van der Waals surface area contributed by atoms with Gasteiger partial charge in [-0.25, -0.2) is 4.68 Å². The second-order valence-electron chi connectivity index (χ2n) is 7.55. The standard InChI is InChI=1S/C20H24ClN3O3/c1-12(2)18-15(9-22-24(18)17-7-5-4-6-16(17)21)19(25)23-10-13(3)8-14(11-23)20(26)27/h4-7,9,12-14H,8,10-11H2,1-3H3,(H,26,27). The molecule has 2 atom stereocenters. The van der Waals surface area contributed by atoms with Gasteiger partial charge in [0.05, 0.1) is 34.1 Å². The number of likely N-dealkylation sites (tertiary alicyclic amines) is 1. The molecular weight excluding hydrogens is 366 g/mol. The molecule has 0 spiro atoms. The van der Waals surface area contributed by atoms with E-state index in [0.717, 1.165) is 11.4 Å². The van der Waals surface area contributed by atoms with Gasteiger partial charge in [0.25, 0.3) is 5.91 Å². The summed E-state index contributed by atoms with van der Waals surface area (Å²) in [7, 11) is 0. The zero-order valence-electron chi connectivity index (χ0n) is 15.7. The van der Waals surface area contributed by atoms with Gasteiger partial charge in [-0.05, 0) is 30.4 Å². The lowest BCUT2D eigenvalue weighted by molar-refractivity contribution is -0.143. The molecule has 1 aliphatic rings. The SMILES string of the molecule is CC1CC(C(=O)O)CN(C(=O)c2cnn(-c3ccccc3Cl)c2C(C)C)C1. The van der Waals surface area contributed by atoms with Crippen molar-refractivity contribution in [1.29, 1.82) is 0 Å². The highest BCUT2D eigenvalue weighted by molar-refractivity contribution is 6.32. The van der Waals surface area contributed by atoms with Gasteiger partial charge < -0.3 is 10.0 Å². The molecule has 2 unspecified atom stereocenters. The highest BCUT2D eigenvalue weighted by Crippen LogP contribution is 2.29. The molecule has 1 aromatic heterocycles. The van der Waals surface area contributed by atoms with Gasteiger partial charge in [0.15, 0.2) is 0 Å². The second-order valence-corrected chi connectivity index (χ2v) is 7.95. The Kier molecular flexibility index (Phi) is 5.56. The van der Waals surface area contributed by atoms with Crippen LogP contribution in [-0.2, 0) is 4.79 Å². The summed E-state index contributed by atoms with van der Waals surface area (Å²) in [4.78, 5) is 26.3. The van der Waals surface area contributed by atoms with Crippen LogP contribution in [0.2, 0.25) is 5.02 Å². The van der Waals surface area contributed by atoms with Gasteiger partial charge in [0, 0.05) is 13.1 Å². The lowest BCUT2D eigenvalue weighted by Crippen LogP contribution is -2.45. The Morgan fingerprint density at radius 1 is 1.26 bits per heavy atom. The molecule has 1 aromatic carbocycles. The summed E-state index contributed by atoms with van der Waals surface area (Å²) in [5.41, 5.74) is 2.00. The maximum Gasteiger partial charge on any atom is 0.308 e. The fourth-order valence-corrected chi connectivity index (χ4v) is 3.98. The third-order valence-corrected chi connectivity index (χ3v) is 5.28. The fraction of sp³-hybridized carbons (Fsp3) is 0.450. The van der Waals surface area contributed by atoms with E-state index in [4.69, 9.17) is 11.6 Å². The van der Waals surface area contributed by atoms with E-state index in [1.165, 1.54) is 0 Å². The van der Waals surface area contributed by atoms with Gasteiger partial charge in [-0.1, -0.05) is 44.5 Å². The first kappa shape index (κ1) is 19.4. The van der Waals surface area contributed by atoms with E-state index in [0.29, 0.717) is 23.6 Å². The smallest absolute Gasteiger partial charge is 0.308 e. The quantitative estimate of drug-likeness (QED) is 0.862. The zero-order chi connectivity index (χ0) is 19.7. The van der Waals surface area contributed by atoms with Gasteiger partial charge in [-0.3, -0.25) is 9.59 Å². The number of hydrogen-bond acceptors (Lipinski definition) is 3. The first-order valence-electron chi connectivity index (χ1n) is 9.14. The Labute approximate surface area is 163 Å². The number of benzene rings is 1. The Balaban J connectivity index is 1.98. The van der Waals surface area contributed by atoms with Crippen LogP contribution in [0.25, 0.3) is 5.69 Å². The minimum Gasteiger partial charge on any atom is -0.481 e. The van der Waals surface area contributed by atoms with Crippen LogP contribution in [0.3, 0.4) is 0 Å². The monoisotopic (exact) mass is 389 g/mol. The van der Waals surface area contributed by atoms with Crippen LogP contribution in [0, 0.1) is 11.8 Å². The molecule has 3 rings (SSSR count). The summed E-state index contributed by atoms with van der Waals surface area (Å²) in [5.74, 6) is -1.37. The third kappa shape index (κ3) is 3.86. The van der Waals surface area contributed by atoms with Crippen LogP contribution in [-0.4, -0.2) is 44.8 Å². The molecule has 1 N–H and O–H groups in total. The average molecular weight is 390 g/mol. The van der Waals surface area contributed by atoms with Crippen molar-refractivity contribution in [2.24, 2.45) is 11.8 Å². The Bertz CT molecular complexity index is 862. The molecule has 2 heterocycles. The predicted octanol–water partition coefficient (Wildman–Crippen LogP) is 3.83. The summed E-state index contributed by atoms with van der Waals surface area (Å²) in [6.07, 6.45) is 2.16. The van der Waals surface area contributed by atoms with Crippen molar-refractivity contribution in [3.05, 3.63) is 46.7 Å². The van der Waals surface area contributed by atoms with Gasteiger partial charge in [-0.15, -0.1) is 0 Å². The molecular formula is C20H24ClN3O3.